The predicted molar refractivity (Wildman–Crippen MR) is 153 cm³/mol. The first-order valence-electron chi connectivity index (χ1n) is 11.9. The van der Waals surface area contributed by atoms with E-state index < -0.39 is 5.97 Å². The zero-order chi connectivity index (χ0) is 26.8. The van der Waals surface area contributed by atoms with Gasteiger partial charge < -0.3 is 15.0 Å². The van der Waals surface area contributed by atoms with Crippen molar-refractivity contribution in [2.45, 2.75) is 19.8 Å². The number of carbonyl (C=O) groups excluding carboxylic acids is 3. The van der Waals surface area contributed by atoms with Gasteiger partial charge in [0, 0.05) is 25.2 Å². The number of rotatable bonds is 11. The number of esters is 1. The van der Waals surface area contributed by atoms with Crippen LogP contribution < -0.4 is 5.32 Å². The number of amides is 2. The van der Waals surface area contributed by atoms with Crippen molar-refractivity contribution in [2.24, 2.45) is 0 Å². The molecule has 0 aromatic heterocycles. The van der Waals surface area contributed by atoms with Crippen LogP contribution in [0.3, 0.4) is 0 Å². The monoisotopic (exact) mass is 537 g/mol. The first kappa shape index (κ1) is 28.3. The van der Waals surface area contributed by atoms with Gasteiger partial charge in [0.05, 0.1) is 10.5 Å². The lowest BCUT2D eigenvalue weighted by Crippen LogP contribution is -2.29. The second-order valence-corrected chi connectivity index (χ2v) is 10.5. The lowest BCUT2D eigenvalue weighted by Gasteiger charge is -2.14. The summed E-state index contributed by atoms with van der Waals surface area (Å²) in [5, 5.41) is 2.81. The van der Waals surface area contributed by atoms with Crippen LogP contribution in [0.1, 0.15) is 35.7 Å². The number of nitrogens with one attached hydrogen (secondary N) is 1. The number of likely N-dealkylation sites (N-methyl/N-ethyl adjacent to an activating group) is 1. The molecule has 2 amide bonds. The van der Waals surface area contributed by atoms with Crippen molar-refractivity contribution in [1.29, 1.82) is 0 Å². The van der Waals surface area contributed by atoms with Crippen LogP contribution in [-0.2, 0) is 14.3 Å². The molecule has 0 saturated carbocycles. The van der Waals surface area contributed by atoms with Crippen LogP contribution in [0.4, 0.5) is 5.69 Å². The molecule has 0 atom stereocenters. The summed E-state index contributed by atoms with van der Waals surface area (Å²) < 4.78 is 5.71. The Labute approximate surface area is 227 Å². The fourth-order valence-electron chi connectivity index (χ4n) is 3.47. The summed E-state index contributed by atoms with van der Waals surface area (Å²) in [6.07, 6.45) is 4.57. The van der Waals surface area contributed by atoms with E-state index in [1.807, 2.05) is 68.4 Å². The molecule has 0 unspecified atom stereocenters. The van der Waals surface area contributed by atoms with E-state index in [1.165, 1.54) is 11.8 Å². The SMILES string of the molecule is CC(=Cc1ccccc1)C=C1SC(=S)N(CCCC(=O)Nc2ccc(C(=O)OCCN(C)C)cc2)C1=O. The number of carbonyl (C=O) groups is 3. The lowest BCUT2D eigenvalue weighted by molar-refractivity contribution is -0.122. The standard InChI is InChI=1S/C28H31N3O4S2/c1-20(18-21-8-5-4-6-9-21)19-24-26(33)31(28(36)37-24)15-7-10-25(32)29-23-13-11-22(12-14-23)27(34)35-17-16-30(2)3/h4-6,8-9,11-14,18-19H,7,10,15-17H2,1-3H3,(H,29,32). The van der Waals surface area contributed by atoms with Crippen LogP contribution >= 0.6 is 24.0 Å². The highest BCUT2D eigenvalue weighted by Gasteiger charge is 2.31. The first-order valence-corrected chi connectivity index (χ1v) is 13.2. The average Bonchev–Trinajstić information content (AvgIpc) is 3.12. The maximum atomic E-state index is 12.8. The number of thioether (sulfide) groups is 1. The number of thiocarbonyl (C=S) groups is 1. The Morgan fingerprint density at radius 2 is 1.81 bits per heavy atom. The quantitative estimate of drug-likeness (QED) is 0.246. The molecule has 1 aliphatic rings. The minimum Gasteiger partial charge on any atom is -0.461 e. The van der Waals surface area contributed by atoms with E-state index in [0.717, 1.165) is 11.1 Å². The van der Waals surface area contributed by atoms with Gasteiger partial charge in [0.15, 0.2) is 0 Å². The average molecular weight is 538 g/mol. The topological polar surface area (TPSA) is 79.0 Å². The summed E-state index contributed by atoms with van der Waals surface area (Å²) in [7, 11) is 3.81. The number of hydrogen-bond acceptors (Lipinski definition) is 7. The Hall–Kier alpha value is -3.27. The molecule has 37 heavy (non-hydrogen) atoms. The van der Waals surface area contributed by atoms with Gasteiger partial charge >= 0.3 is 5.97 Å². The van der Waals surface area contributed by atoms with E-state index >= 15 is 0 Å². The molecule has 0 bridgehead atoms. The molecule has 1 heterocycles. The molecule has 1 aliphatic heterocycles. The van der Waals surface area contributed by atoms with Crippen LogP contribution in [0.15, 0.2) is 71.2 Å². The van der Waals surface area contributed by atoms with Crippen LogP contribution in [0.25, 0.3) is 6.08 Å². The van der Waals surface area contributed by atoms with Crippen molar-refractivity contribution in [2.75, 3.05) is 39.1 Å². The Balaban J connectivity index is 1.45. The van der Waals surface area contributed by atoms with Gasteiger partial charge in [-0.2, -0.15) is 0 Å². The normalized spacial score (nSPS) is 15.0. The van der Waals surface area contributed by atoms with Crippen molar-refractivity contribution >= 4 is 57.8 Å². The van der Waals surface area contributed by atoms with E-state index in [1.54, 1.807) is 29.2 Å². The van der Waals surface area contributed by atoms with E-state index in [-0.39, 0.29) is 18.2 Å². The fourth-order valence-corrected chi connectivity index (χ4v) is 4.83. The first-order chi connectivity index (χ1) is 17.7. The van der Waals surface area contributed by atoms with Crippen LogP contribution in [-0.4, -0.2) is 65.7 Å². The summed E-state index contributed by atoms with van der Waals surface area (Å²) >= 11 is 6.68. The fraction of sp³-hybridized carbons (Fsp3) is 0.286. The number of nitrogens with zero attached hydrogens (tertiary/aromatic N) is 2. The maximum Gasteiger partial charge on any atom is 0.338 e. The van der Waals surface area contributed by atoms with Crippen molar-refractivity contribution < 1.29 is 19.1 Å². The van der Waals surface area contributed by atoms with Gasteiger partial charge in [-0.25, -0.2) is 4.79 Å². The zero-order valence-corrected chi connectivity index (χ0v) is 22.9. The van der Waals surface area contributed by atoms with E-state index in [0.29, 0.717) is 46.6 Å². The third kappa shape index (κ3) is 8.96. The number of anilines is 1. The molecule has 7 nitrogen and oxygen atoms in total. The molecule has 1 N–H and O–H groups in total. The van der Waals surface area contributed by atoms with E-state index in [2.05, 4.69) is 5.32 Å². The summed E-state index contributed by atoms with van der Waals surface area (Å²) in [5.41, 5.74) is 3.03. The van der Waals surface area contributed by atoms with Gasteiger partial charge in [0.1, 0.15) is 10.9 Å². The van der Waals surface area contributed by atoms with Gasteiger partial charge in [0.2, 0.25) is 5.91 Å². The van der Waals surface area contributed by atoms with Crippen LogP contribution in [0.5, 0.6) is 0 Å². The van der Waals surface area contributed by atoms with Crippen molar-refractivity contribution in [3.05, 3.63) is 82.3 Å². The highest BCUT2D eigenvalue weighted by Crippen LogP contribution is 2.32. The molecule has 3 rings (SSSR count). The predicted octanol–water partition coefficient (Wildman–Crippen LogP) is 4.97. The summed E-state index contributed by atoms with van der Waals surface area (Å²) in [6, 6.07) is 16.5. The number of ether oxygens (including phenoxy) is 1. The van der Waals surface area contributed by atoms with Gasteiger partial charge in [0.25, 0.3) is 5.91 Å². The minimum absolute atomic E-state index is 0.135. The van der Waals surface area contributed by atoms with Crippen molar-refractivity contribution in [1.82, 2.24) is 9.80 Å². The highest BCUT2D eigenvalue weighted by atomic mass is 32.2. The molecule has 1 saturated heterocycles. The van der Waals surface area contributed by atoms with E-state index in [9.17, 15) is 14.4 Å². The maximum absolute atomic E-state index is 12.8. The molecule has 9 heteroatoms. The Bertz CT molecular complexity index is 1190. The molecule has 2 aromatic rings. The number of allylic oxidation sites excluding steroid dienone is 2. The highest BCUT2D eigenvalue weighted by molar-refractivity contribution is 8.26. The number of hydrogen-bond donors (Lipinski definition) is 1. The molecule has 2 aromatic carbocycles. The van der Waals surface area contributed by atoms with Crippen LogP contribution in [0.2, 0.25) is 0 Å². The Morgan fingerprint density at radius 3 is 2.49 bits per heavy atom. The third-order valence-corrected chi connectivity index (χ3v) is 6.77. The molecule has 194 valence electrons. The second kappa shape index (κ2) is 13.9. The number of benzene rings is 2. The zero-order valence-electron chi connectivity index (χ0n) is 21.2. The van der Waals surface area contributed by atoms with Gasteiger partial charge in [-0.1, -0.05) is 60.4 Å². The Morgan fingerprint density at radius 1 is 1.11 bits per heavy atom. The van der Waals surface area contributed by atoms with Crippen molar-refractivity contribution in [3.8, 4) is 0 Å². The second-order valence-electron chi connectivity index (χ2n) is 8.80. The molecule has 1 fully saturated rings. The van der Waals surface area contributed by atoms with Gasteiger partial charge in [-0.15, -0.1) is 0 Å². The van der Waals surface area contributed by atoms with Gasteiger partial charge in [-0.05, 0) is 68.9 Å². The van der Waals surface area contributed by atoms with Crippen molar-refractivity contribution in [3.63, 3.8) is 0 Å². The molecule has 0 spiro atoms. The van der Waals surface area contributed by atoms with Crippen LogP contribution in [0, 0.1) is 0 Å². The lowest BCUT2D eigenvalue weighted by atomic mass is 10.1. The molecular formula is C28H31N3O4S2. The Kier molecular flexibility index (Phi) is 10.6. The van der Waals surface area contributed by atoms with Gasteiger partial charge in [-0.3, -0.25) is 14.5 Å². The summed E-state index contributed by atoms with van der Waals surface area (Å²) in [6.45, 7) is 3.28. The third-order valence-electron chi connectivity index (χ3n) is 5.39. The minimum atomic E-state index is -0.400. The summed E-state index contributed by atoms with van der Waals surface area (Å²) in [4.78, 5) is 41.4. The molecular weight excluding hydrogens is 506 g/mol. The molecule has 0 aliphatic carbocycles. The summed E-state index contributed by atoms with van der Waals surface area (Å²) in [5.74, 6) is -0.712. The molecule has 0 radical (unpaired) electrons. The largest absolute Gasteiger partial charge is 0.461 e. The van der Waals surface area contributed by atoms with E-state index in [4.69, 9.17) is 17.0 Å². The smallest absolute Gasteiger partial charge is 0.338 e.